The minimum absolute atomic E-state index is 0.216. The van der Waals surface area contributed by atoms with Crippen LogP contribution in [0.3, 0.4) is 0 Å². The lowest BCUT2D eigenvalue weighted by atomic mass is 9.78. The van der Waals surface area contributed by atoms with Gasteiger partial charge < -0.3 is 5.11 Å². The first-order chi connectivity index (χ1) is 9.53. The molecule has 0 atom stereocenters. The quantitative estimate of drug-likeness (QED) is 0.894. The molecule has 0 unspecified atom stereocenters. The van der Waals surface area contributed by atoms with Crippen molar-refractivity contribution < 1.29 is 9.90 Å². The van der Waals surface area contributed by atoms with E-state index in [1.54, 1.807) is 0 Å². The van der Waals surface area contributed by atoms with Crippen LogP contribution in [0.5, 0.6) is 0 Å². The van der Waals surface area contributed by atoms with Gasteiger partial charge in [0.05, 0.1) is 6.42 Å². The number of carboxylic acid groups (broad SMARTS) is 1. The molecular formula is C16H22ClNO2. The molecule has 0 saturated heterocycles. The van der Waals surface area contributed by atoms with E-state index < -0.39 is 5.97 Å². The summed E-state index contributed by atoms with van der Waals surface area (Å²) in [5.74, 6) is -0.710. The molecule has 1 aromatic rings. The minimum atomic E-state index is -0.710. The first-order valence-electron chi connectivity index (χ1n) is 7.20. The molecule has 0 amide bonds. The van der Waals surface area contributed by atoms with Crippen molar-refractivity contribution in [3.8, 4) is 0 Å². The number of hydrogen-bond acceptors (Lipinski definition) is 2. The van der Waals surface area contributed by atoms with E-state index >= 15 is 0 Å². The fourth-order valence-electron chi connectivity index (χ4n) is 3.23. The summed E-state index contributed by atoms with van der Waals surface area (Å²) in [6, 6.07) is 7.78. The van der Waals surface area contributed by atoms with Gasteiger partial charge in [-0.1, -0.05) is 49.1 Å². The Bertz CT molecular complexity index is 469. The molecule has 1 saturated carbocycles. The largest absolute Gasteiger partial charge is 0.481 e. The molecule has 2 rings (SSSR count). The normalized spacial score (nSPS) is 18.1. The summed E-state index contributed by atoms with van der Waals surface area (Å²) in [5.41, 5.74) is 0.843. The molecule has 0 aliphatic heterocycles. The monoisotopic (exact) mass is 295 g/mol. The Labute approximate surface area is 125 Å². The number of rotatable bonds is 5. The molecular weight excluding hydrogens is 274 g/mol. The fourth-order valence-corrected chi connectivity index (χ4v) is 3.43. The topological polar surface area (TPSA) is 40.5 Å². The van der Waals surface area contributed by atoms with E-state index in [4.69, 9.17) is 11.6 Å². The number of carboxylic acids is 1. The lowest BCUT2D eigenvalue weighted by molar-refractivity contribution is -0.141. The molecule has 110 valence electrons. The summed E-state index contributed by atoms with van der Waals surface area (Å²) in [5, 5.41) is 10.00. The van der Waals surface area contributed by atoms with Crippen molar-refractivity contribution in [1.29, 1.82) is 0 Å². The second-order valence-corrected chi connectivity index (χ2v) is 6.21. The van der Waals surface area contributed by atoms with Crippen molar-refractivity contribution in [2.24, 2.45) is 0 Å². The van der Waals surface area contributed by atoms with Gasteiger partial charge >= 0.3 is 5.97 Å². The Morgan fingerprint density at radius 1 is 1.30 bits per heavy atom. The summed E-state index contributed by atoms with van der Waals surface area (Å²) in [6.07, 6.45) is 5.57. The van der Waals surface area contributed by atoms with Crippen molar-refractivity contribution in [3.05, 3.63) is 34.9 Å². The van der Waals surface area contributed by atoms with Gasteiger partial charge in [0.2, 0.25) is 0 Å². The van der Waals surface area contributed by atoms with Gasteiger partial charge in [-0.15, -0.1) is 0 Å². The maximum atomic E-state index is 11.2. The number of aliphatic carboxylic acids is 1. The zero-order valence-electron chi connectivity index (χ0n) is 11.9. The molecule has 1 aliphatic rings. The molecule has 0 bridgehead atoms. The van der Waals surface area contributed by atoms with Gasteiger partial charge in [-0.05, 0) is 31.5 Å². The van der Waals surface area contributed by atoms with E-state index in [1.165, 1.54) is 6.42 Å². The van der Waals surface area contributed by atoms with E-state index in [0.717, 1.165) is 36.3 Å². The lowest BCUT2D eigenvalue weighted by Crippen LogP contribution is -2.49. The number of hydrogen-bond donors (Lipinski definition) is 1. The molecule has 1 aliphatic carbocycles. The SMILES string of the molecule is CN(Cc1ccccc1Cl)C1(CC(=O)O)CCCCC1. The van der Waals surface area contributed by atoms with E-state index in [-0.39, 0.29) is 12.0 Å². The van der Waals surface area contributed by atoms with E-state index in [1.807, 2.05) is 31.3 Å². The average molecular weight is 296 g/mol. The van der Waals surface area contributed by atoms with Crippen molar-refractivity contribution in [3.63, 3.8) is 0 Å². The van der Waals surface area contributed by atoms with Crippen LogP contribution in [0.1, 0.15) is 44.1 Å². The molecule has 4 heteroatoms. The van der Waals surface area contributed by atoms with Gasteiger partial charge in [0, 0.05) is 17.1 Å². The van der Waals surface area contributed by atoms with Gasteiger partial charge in [0.15, 0.2) is 0 Å². The third kappa shape index (κ3) is 3.53. The van der Waals surface area contributed by atoms with Crippen LogP contribution in [0, 0.1) is 0 Å². The second-order valence-electron chi connectivity index (χ2n) is 5.80. The van der Waals surface area contributed by atoms with Gasteiger partial charge in [0.25, 0.3) is 0 Å². The van der Waals surface area contributed by atoms with Gasteiger partial charge in [-0.2, -0.15) is 0 Å². The molecule has 3 nitrogen and oxygen atoms in total. The maximum Gasteiger partial charge on any atom is 0.305 e. The highest BCUT2D eigenvalue weighted by Gasteiger charge is 2.38. The molecule has 0 spiro atoms. The number of carbonyl (C=O) groups is 1. The van der Waals surface area contributed by atoms with E-state index in [9.17, 15) is 9.90 Å². The summed E-state index contributed by atoms with van der Waals surface area (Å²) < 4.78 is 0. The Hall–Kier alpha value is -1.06. The van der Waals surface area contributed by atoms with Crippen molar-refractivity contribution in [2.45, 2.75) is 50.6 Å². The Morgan fingerprint density at radius 2 is 1.95 bits per heavy atom. The number of benzene rings is 1. The van der Waals surface area contributed by atoms with Gasteiger partial charge in [-0.3, -0.25) is 9.69 Å². The summed E-state index contributed by atoms with van der Waals surface area (Å²) in [4.78, 5) is 13.4. The molecule has 0 heterocycles. The van der Waals surface area contributed by atoms with Crippen LogP contribution < -0.4 is 0 Å². The molecule has 1 fully saturated rings. The van der Waals surface area contributed by atoms with Crippen molar-refractivity contribution in [1.82, 2.24) is 4.90 Å². The zero-order chi connectivity index (χ0) is 14.6. The predicted molar refractivity (Wildman–Crippen MR) is 81.0 cm³/mol. The van der Waals surface area contributed by atoms with Crippen LogP contribution in [0.15, 0.2) is 24.3 Å². The summed E-state index contributed by atoms with van der Waals surface area (Å²) >= 11 is 6.22. The molecule has 1 N–H and O–H groups in total. The van der Waals surface area contributed by atoms with Crippen LogP contribution >= 0.6 is 11.6 Å². The minimum Gasteiger partial charge on any atom is -0.481 e. The first-order valence-corrected chi connectivity index (χ1v) is 7.58. The first kappa shape index (κ1) is 15.3. The predicted octanol–water partition coefficient (Wildman–Crippen LogP) is 3.95. The third-order valence-corrected chi connectivity index (χ3v) is 4.81. The highest BCUT2D eigenvalue weighted by Crippen LogP contribution is 2.37. The fraction of sp³-hybridized carbons (Fsp3) is 0.562. The van der Waals surface area contributed by atoms with Crippen molar-refractivity contribution in [2.75, 3.05) is 7.05 Å². The third-order valence-electron chi connectivity index (χ3n) is 4.44. The smallest absolute Gasteiger partial charge is 0.305 e. The Kier molecular flexibility index (Phi) is 5.06. The van der Waals surface area contributed by atoms with Crippen LogP contribution in [0.2, 0.25) is 5.02 Å². The van der Waals surface area contributed by atoms with Gasteiger partial charge in [-0.25, -0.2) is 0 Å². The van der Waals surface area contributed by atoms with Crippen LogP contribution in [0.4, 0.5) is 0 Å². The Morgan fingerprint density at radius 3 is 2.55 bits per heavy atom. The molecule has 20 heavy (non-hydrogen) atoms. The Balaban J connectivity index is 2.16. The van der Waals surface area contributed by atoms with E-state index in [0.29, 0.717) is 6.54 Å². The average Bonchev–Trinajstić information content (AvgIpc) is 2.41. The van der Waals surface area contributed by atoms with Crippen LogP contribution in [-0.4, -0.2) is 28.6 Å². The summed E-state index contributed by atoms with van der Waals surface area (Å²) in [7, 11) is 2.03. The molecule has 0 radical (unpaired) electrons. The van der Waals surface area contributed by atoms with Crippen molar-refractivity contribution >= 4 is 17.6 Å². The maximum absolute atomic E-state index is 11.2. The van der Waals surface area contributed by atoms with Crippen LogP contribution in [0.25, 0.3) is 0 Å². The van der Waals surface area contributed by atoms with E-state index in [2.05, 4.69) is 4.90 Å². The highest BCUT2D eigenvalue weighted by atomic mass is 35.5. The molecule has 0 aromatic heterocycles. The van der Waals surface area contributed by atoms with Gasteiger partial charge in [0.1, 0.15) is 0 Å². The standard InChI is InChI=1S/C16H22ClNO2/c1-18(12-13-7-3-4-8-14(13)17)16(11-15(19)20)9-5-2-6-10-16/h3-4,7-8H,2,5-6,9-12H2,1H3,(H,19,20). The zero-order valence-corrected chi connectivity index (χ0v) is 12.7. The highest BCUT2D eigenvalue weighted by molar-refractivity contribution is 6.31. The summed E-state index contributed by atoms with van der Waals surface area (Å²) in [6.45, 7) is 0.701. The second kappa shape index (κ2) is 6.59. The lowest BCUT2D eigenvalue weighted by Gasteiger charge is -2.44. The number of nitrogens with zero attached hydrogens (tertiary/aromatic N) is 1. The van der Waals surface area contributed by atoms with Crippen LogP contribution in [-0.2, 0) is 11.3 Å². The number of halogens is 1. The molecule has 1 aromatic carbocycles.